The van der Waals surface area contributed by atoms with Gasteiger partial charge < -0.3 is 9.64 Å². The van der Waals surface area contributed by atoms with Crippen molar-refractivity contribution in [2.45, 2.75) is 39.3 Å². The van der Waals surface area contributed by atoms with E-state index in [1.165, 1.54) is 0 Å². The monoisotopic (exact) mass is 249 g/mol. The van der Waals surface area contributed by atoms with Crippen LogP contribution in [0.25, 0.3) is 0 Å². The molecule has 0 aromatic heterocycles. The summed E-state index contributed by atoms with van der Waals surface area (Å²) < 4.78 is 5.47. The number of amides is 1. The lowest BCUT2D eigenvalue weighted by Gasteiger charge is -2.28. The Kier molecular flexibility index (Phi) is 5.86. The second kappa shape index (κ2) is 7.17. The highest BCUT2D eigenvalue weighted by Crippen LogP contribution is 2.19. The quantitative estimate of drug-likeness (QED) is 0.775. The molecule has 0 bridgehead atoms. The molecule has 0 saturated carbocycles. The fraction of sp³-hybridized carbons (Fsp3) is 0.533. The summed E-state index contributed by atoms with van der Waals surface area (Å²) in [5, 5.41) is 0. The van der Waals surface area contributed by atoms with Gasteiger partial charge in [-0.05, 0) is 25.8 Å². The van der Waals surface area contributed by atoms with E-state index in [0.29, 0.717) is 13.0 Å². The number of rotatable bonds is 6. The highest BCUT2D eigenvalue weighted by atomic mass is 16.5. The van der Waals surface area contributed by atoms with Crippen LogP contribution in [0.4, 0.5) is 0 Å². The third-order valence-electron chi connectivity index (χ3n) is 3.22. The summed E-state index contributed by atoms with van der Waals surface area (Å²) >= 11 is 0. The van der Waals surface area contributed by atoms with E-state index in [1.54, 1.807) is 4.90 Å². The second-order valence-electron chi connectivity index (χ2n) is 4.39. The summed E-state index contributed by atoms with van der Waals surface area (Å²) in [5.41, 5.74) is 1.14. The second-order valence-corrected chi connectivity index (χ2v) is 4.39. The van der Waals surface area contributed by atoms with Crippen LogP contribution in [0.1, 0.15) is 38.8 Å². The van der Waals surface area contributed by atoms with Crippen molar-refractivity contribution in [1.82, 2.24) is 4.90 Å². The molecule has 0 aliphatic heterocycles. The summed E-state index contributed by atoms with van der Waals surface area (Å²) in [7, 11) is 1.84. The van der Waals surface area contributed by atoms with Gasteiger partial charge in [0, 0.05) is 13.7 Å². The molecule has 0 spiro atoms. The number of nitrogens with zero attached hydrogens (tertiary/aromatic N) is 1. The topological polar surface area (TPSA) is 29.5 Å². The number of hydrogen-bond donors (Lipinski definition) is 0. The van der Waals surface area contributed by atoms with E-state index in [-0.39, 0.29) is 18.1 Å². The van der Waals surface area contributed by atoms with E-state index in [9.17, 15) is 4.79 Å². The Morgan fingerprint density at radius 1 is 1.28 bits per heavy atom. The Hall–Kier alpha value is -1.35. The van der Waals surface area contributed by atoms with Gasteiger partial charge in [0.15, 0.2) is 0 Å². The van der Waals surface area contributed by atoms with Gasteiger partial charge in [-0.2, -0.15) is 0 Å². The normalized spacial score (nSPS) is 14.0. The van der Waals surface area contributed by atoms with Gasteiger partial charge in [0.25, 0.3) is 5.91 Å². The Morgan fingerprint density at radius 2 is 1.89 bits per heavy atom. The first-order valence-electron chi connectivity index (χ1n) is 6.55. The highest BCUT2D eigenvalue weighted by Gasteiger charge is 2.24. The molecule has 1 aromatic carbocycles. The molecule has 1 amide bonds. The summed E-state index contributed by atoms with van der Waals surface area (Å²) in [6.45, 7) is 6.49. The van der Waals surface area contributed by atoms with E-state index in [0.717, 1.165) is 5.56 Å². The average Bonchev–Trinajstić information content (AvgIpc) is 2.43. The maximum atomic E-state index is 12.3. The summed E-state index contributed by atoms with van der Waals surface area (Å²) in [6.07, 6.45) is 0.379. The smallest absolute Gasteiger partial charge is 0.251 e. The van der Waals surface area contributed by atoms with Crippen molar-refractivity contribution in [2.24, 2.45) is 0 Å². The molecule has 0 fully saturated rings. The minimum atomic E-state index is -0.328. The van der Waals surface area contributed by atoms with Crippen LogP contribution < -0.4 is 0 Å². The van der Waals surface area contributed by atoms with Gasteiger partial charge in [-0.15, -0.1) is 0 Å². The Balaban J connectivity index is 2.74. The molecule has 0 unspecified atom stereocenters. The van der Waals surface area contributed by atoms with Crippen molar-refractivity contribution in [1.29, 1.82) is 0 Å². The first-order valence-corrected chi connectivity index (χ1v) is 6.55. The molecule has 0 heterocycles. The first kappa shape index (κ1) is 14.7. The maximum Gasteiger partial charge on any atom is 0.251 e. The molecule has 1 rings (SSSR count). The van der Waals surface area contributed by atoms with Crippen molar-refractivity contribution >= 4 is 5.91 Å². The van der Waals surface area contributed by atoms with Crippen LogP contribution in [0, 0.1) is 0 Å². The fourth-order valence-corrected chi connectivity index (χ4v) is 1.94. The third kappa shape index (κ3) is 3.57. The fourth-order valence-electron chi connectivity index (χ4n) is 1.94. The van der Waals surface area contributed by atoms with Crippen LogP contribution in [-0.2, 0) is 9.53 Å². The van der Waals surface area contributed by atoms with Gasteiger partial charge in [0.1, 0.15) is 6.10 Å². The Labute approximate surface area is 110 Å². The van der Waals surface area contributed by atoms with Crippen molar-refractivity contribution in [3.63, 3.8) is 0 Å². The summed E-state index contributed by atoms with van der Waals surface area (Å²) in [4.78, 5) is 14.0. The zero-order valence-electron chi connectivity index (χ0n) is 11.7. The molecule has 0 N–H and O–H groups in total. The maximum absolute atomic E-state index is 12.3. The van der Waals surface area contributed by atoms with Gasteiger partial charge in [-0.1, -0.05) is 37.3 Å². The lowest BCUT2D eigenvalue weighted by atomic mass is 10.1. The van der Waals surface area contributed by atoms with Crippen molar-refractivity contribution < 1.29 is 9.53 Å². The van der Waals surface area contributed by atoms with Crippen LogP contribution in [0.5, 0.6) is 0 Å². The largest absolute Gasteiger partial charge is 0.369 e. The standard InChI is InChI=1S/C15H23NO2/c1-5-14(18-6-2)15(17)16(4)12(3)13-10-8-7-9-11-13/h7-12,14H,5-6H2,1-4H3/t12-,14+/m1/s1. The zero-order chi connectivity index (χ0) is 13.5. The molecule has 0 aliphatic rings. The number of carbonyl (C=O) groups is 1. The molecule has 0 radical (unpaired) electrons. The Bertz CT molecular complexity index is 364. The molecule has 2 atom stereocenters. The highest BCUT2D eigenvalue weighted by molar-refractivity contribution is 5.81. The number of benzene rings is 1. The van der Waals surface area contributed by atoms with E-state index >= 15 is 0 Å². The molecule has 18 heavy (non-hydrogen) atoms. The van der Waals surface area contributed by atoms with Crippen molar-refractivity contribution in [2.75, 3.05) is 13.7 Å². The minimum absolute atomic E-state index is 0.0516. The van der Waals surface area contributed by atoms with Crippen LogP contribution in [0.15, 0.2) is 30.3 Å². The molecule has 100 valence electrons. The van der Waals surface area contributed by atoms with Crippen LogP contribution in [0.3, 0.4) is 0 Å². The van der Waals surface area contributed by atoms with Gasteiger partial charge in [0.05, 0.1) is 6.04 Å². The predicted octanol–water partition coefficient (Wildman–Crippen LogP) is 3.02. The van der Waals surface area contributed by atoms with Gasteiger partial charge in [0.2, 0.25) is 0 Å². The first-order chi connectivity index (χ1) is 8.61. The van der Waals surface area contributed by atoms with Crippen LogP contribution in [0.2, 0.25) is 0 Å². The molecule has 0 saturated heterocycles. The van der Waals surface area contributed by atoms with Crippen LogP contribution in [-0.4, -0.2) is 30.6 Å². The molecular formula is C15H23NO2. The number of hydrogen-bond acceptors (Lipinski definition) is 2. The molecule has 1 aromatic rings. The lowest BCUT2D eigenvalue weighted by molar-refractivity contribution is -0.144. The van der Waals surface area contributed by atoms with Gasteiger partial charge >= 0.3 is 0 Å². The van der Waals surface area contributed by atoms with Gasteiger partial charge in [-0.3, -0.25) is 4.79 Å². The van der Waals surface area contributed by atoms with E-state index in [1.807, 2.05) is 58.2 Å². The third-order valence-corrected chi connectivity index (χ3v) is 3.22. The summed E-state index contributed by atoms with van der Waals surface area (Å²) in [6, 6.07) is 10.1. The number of likely N-dealkylation sites (N-methyl/N-ethyl adjacent to an activating group) is 1. The van der Waals surface area contributed by atoms with E-state index < -0.39 is 0 Å². The SMILES string of the molecule is CCO[C@@H](CC)C(=O)N(C)[C@H](C)c1ccccc1. The van der Waals surface area contributed by atoms with Gasteiger partial charge in [-0.25, -0.2) is 0 Å². The predicted molar refractivity (Wildman–Crippen MR) is 73.3 cm³/mol. The minimum Gasteiger partial charge on any atom is -0.369 e. The molecule has 3 heteroatoms. The number of ether oxygens (including phenoxy) is 1. The Morgan fingerprint density at radius 3 is 2.39 bits per heavy atom. The lowest BCUT2D eigenvalue weighted by Crippen LogP contribution is -2.39. The van der Waals surface area contributed by atoms with E-state index in [4.69, 9.17) is 4.74 Å². The summed E-state index contributed by atoms with van der Waals surface area (Å²) in [5.74, 6) is 0.0516. The van der Waals surface area contributed by atoms with Crippen molar-refractivity contribution in [3.05, 3.63) is 35.9 Å². The average molecular weight is 249 g/mol. The van der Waals surface area contributed by atoms with Crippen molar-refractivity contribution in [3.8, 4) is 0 Å². The van der Waals surface area contributed by atoms with E-state index in [2.05, 4.69) is 0 Å². The number of carbonyl (C=O) groups excluding carboxylic acids is 1. The van der Waals surface area contributed by atoms with Crippen LogP contribution >= 0.6 is 0 Å². The molecular weight excluding hydrogens is 226 g/mol. The zero-order valence-corrected chi connectivity index (χ0v) is 11.7. The molecule has 3 nitrogen and oxygen atoms in total. The molecule has 0 aliphatic carbocycles.